The van der Waals surface area contributed by atoms with Crippen molar-refractivity contribution in [1.29, 1.82) is 0 Å². The maximum Gasteiger partial charge on any atom is 0.000393 e. The average Bonchev–Trinajstić information content (AvgIpc) is 2.34. The van der Waals surface area contributed by atoms with Gasteiger partial charge in [0.25, 0.3) is 0 Å². The summed E-state index contributed by atoms with van der Waals surface area (Å²) in [5.41, 5.74) is 5.30. The molecule has 0 aromatic carbocycles. The molecule has 1 aromatic heterocycles. The van der Waals surface area contributed by atoms with E-state index in [9.17, 15) is 0 Å². The van der Waals surface area contributed by atoms with E-state index < -0.39 is 0 Å². The molecule has 0 saturated heterocycles. The second kappa shape index (κ2) is 6.26. The summed E-state index contributed by atoms with van der Waals surface area (Å²) in [6, 6.07) is 0. The SMILES string of the molecule is NCCCn1[c-]ncc1.[Pr]. The van der Waals surface area contributed by atoms with Crippen LogP contribution in [0.4, 0.5) is 0 Å². The molecule has 3 nitrogen and oxygen atoms in total. The quantitative estimate of drug-likeness (QED) is 0.784. The van der Waals surface area contributed by atoms with Crippen LogP contribution in [-0.4, -0.2) is 16.1 Å². The molecule has 0 spiro atoms. The second-order valence-corrected chi connectivity index (χ2v) is 1.86. The molecule has 0 fully saturated rings. The van der Waals surface area contributed by atoms with Crippen molar-refractivity contribution < 1.29 is 41.3 Å². The van der Waals surface area contributed by atoms with Gasteiger partial charge >= 0.3 is 0 Å². The first-order chi connectivity index (χ1) is 4.43. The minimum Gasteiger partial charge on any atom is -0.454 e. The van der Waals surface area contributed by atoms with Crippen LogP contribution in [0.25, 0.3) is 0 Å². The van der Waals surface area contributed by atoms with E-state index in [0.29, 0.717) is 0 Å². The monoisotopic (exact) mass is 265 g/mol. The van der Waals surface area contributed by atoms with Crippen molar-refractivity contribution in [2.24, 2.45) is 5.73 Å². The zero-order valence-corrected chi connectivity index (χ0v) is 9.53. The van der Waals surface area contributed by atoms with Gasteiger partial charge in [-0.3, -0.25) is 0 Å². The Balaban J connectivity index is 0.000000810. The van der Waals surface area contributed by atoms with E-state index in [2.05, 4.69) is 11.3 Å². The van der Waals surface area contributed by atoms with Crippen LogP contribution in [0.15, 0.2) is 12.4 Å². The number of nitrogens with two attached hydrogens (primary N) is 1. The van der Waals surface area contributed by atoms with Crippen LogP contribution in [0, 0.1) is 47.6 Å². The molecule has 0 saturated carbocycles. The Hall–Kier alpha value is 0.534. The van der Waals surface area contributed by atoms with Crippen LogP contribution >= 0.6 is 0 Å². The Morgan fingerprint density at radius 3 is 2.90 bits per heavy atom. The predicted molar refractivity (Wildman–Crippen MR) is 34.7 cm³/mol. The Kier molecular flexibility index (Phi) is 6.59. The van der Waals surface area contributed by atoms with Gasteiger partial charge in [-0.15, -0.1) is 12.4 Å². The number of hydrogen-bond donors (Lipinski definition) is 1. The van der Waals surface area contributed by atoms with Gasteiger partial charge in [-0.25, -0.2) is 0 Å². The van der Waals surface area contributed by atoms with Crippen molar-refractivity contribution in [1.82, 2.24) is 9.55 Å². The van der Waals surface area contributed by atoms with E-state index in [4.69, 9.17) is 5.73 Å². The smallest absolute Gasteiger partial charge is 0.000393 e. The number of imidazole rings is 1. The van der Waals surface area contributed by atoms with Gasteiger partial charge in [0.05, 0.1) is 0 Å². The van der Waals surface area contributed by atoms with E-state index in [0.717, 1.165) is 19.5 Å². The summed E-state index contributed by atoms with van der Waals surface area (Å²) in [5.74, 6) is 0. The van der Waals surface area contributed by atoms with Crippen molar-refractivity contribution in [2.45, 2.75) is 13.0 Å². The van der Waals surface area contributed by atoms with Gasteiger partial charge in [0, 0.05) is 47.6 Å². The molecule has 0 unspecified atom stereocenters. The molecule has 1 rings (SSSR count). The maximum absolute atomic E-state index is 5.30. The Labute approximate surface area is 94.0 Å². The molecular weight excluding hydrogens is 255 g/mol. The van der Waals surface area contributed by atoms with Gasteiger partial charge in [-0.1, -0.05) is 0 Å². The summed E-state index contributed by atoms with van der Waals surface area (Å²) in [4.78, 5) is 3.77. The summed E-state index contributed by atoms with van der Waals surface area (Å²) < 4.78 is 1.90. The first-order valence-electron chi connectivity index (χ1n) is 3.02. The summed E-state index contributed by atoms with van der Waals surface area (Å²) in [6.07, 6.45) is 7.38. The molecule has 0 aliphatic heterocycles. The molecule has 1 aromatic rings. The van der Waals surface area contributed by atoms with E-state index in [1.54, 1.807) is 6.20 Å². The fourth-order valence-electron chi connectivity index (χ4n) is 0.641. The van der Waals surface area contributed by atoms with Gasteiger partial charge < -0.3 is 15.3 Å². The number of aryl methyl sites for hydroxylation is 1. The van der Waals surface area contributed by atoms with Crippen molar-refractivity contribution >= 4 is 0 Å². The van der Waals surface area contributed by atoms with Crippen LogP contribution < -0.4 is 5.73 Å². The zero-order valence-electron chi connectivity index (χ0n) is 5.83. The largest absolute Gasteiger partial charge is 0.454 e. The summed E-state index contributed by atoms with van der Waals surface area (Å²) in [7, 11) is 0. The molecule has 4 heteroatoms. The first kappa shape index (κ1) is 10.5. The van der Waals surface area contributed by atoms with Gasteiger partial charge in [0.1, 0.15) is 0 Å². The minimum absolute atomic E-state index is 0. The summed E-state index contributed by atoms with van der Waals surface area (Å²) in [6.45, 7) is 1.66. The third-order valence-corrected chi connectivity index (χ3v) is 1.11. The van der Waals surface area contributed by atoms with E-state index in [1.165, 1.54) is 0 Å². The van der Waals surface area contributed by atoms with Gasteiger partial charge in [-0.2, -0.15) is 0 Å². The normalized spacial score (nSPS) is 8.90. The topological polar surface area (TPSA) is 43.8 Å². The zero-order chi connectivity index (χ0) is 6.53. The minimum atomic E-state index is 0. The molecule has 1 heterocycles. The number of hydrogen-bond acceptors (Lipinski definition) is 2. The van der Waals surface area contributed by atoms with E-state index in [-0.39, 0.29) is 41.3 Å². The number of nitrogens with zero attached hydrogens (tertiary/aromatic N) is 2. The van der Waals surface area contributed by atoms with E-state index >= 15 is 0 Å². The summed E-state index contributed by atoms with van der Waals surface area (Å²) in [5, 5.41) is 0. The van der Waals surface area contributed by atoms with Gasteiger partial charge in [-0.05, 0) is 19.5 Å². The Bertz CT molecular complexity index is 150. The molecule has 10 heavy (non-hydrogen) atoms. The molecule has 0 bridgehead atoms. The fraction of sp³-hybridized carbons (Fsp3) is 0.500. The first-order valence-corrected chi connectivity index (χ1v) is 3.02. The van der Waals surface area contributed by atoms with Crippen molar-refractivity contribution in [2.75, 3.05) is 6.54 Å². The van der Waals surface area contributed by atoms with E-state index in [1.807, 2.05) is 10.8 Å². The molecular formula is C6H10N3Pr-. The van der Waals surface area contributed by atoms with Crippen LogP contribution in [0.1, 0.15) is 6.42 Å². The maximum atomic E-state index is 5.30. The molecule has 1 radical (unpaired) electrons. The average molecular weight is 265 g/mol. The predicted octanol–water partition coefficient (Wildman–Crippen LogP) is 0.0321. The molecule has 0 amide bonds. The molecule has 0 atom stereocenters. The third-order valence-electron chi connectivity index (χ3n) is 1.11. The fourth-order valence-corrected chi connectivity index (χ4v) is 0.641. The Morgan fingerprint density at radius 1 is 1.60 bits per heavy atom. The van der Waals surface area contributed by atoms with Crippen LogP contribution in [0.5, 0.6) is 0 Å². The standard InChI is InChI=1S/C6H10N3.Pr/c7-2-1-4-9-5-3-8-6-9;/h3,5H,1-2,4,7H2;/q-1;. The molecule has 0 aliphatic carbocycles. The third kappa shape index (κ3) is 3.64. The molecule has 2 N–H and O–H groups in total. The summed E-state index contributed by atoms with van der Waals surface area (Å²) >= 11 is 0. The molecule has 0 aliphatic rings. The number of aromatic nitrogens is 2. The number of rotatable bonds is 3. The van der Waals surface area contributed by atoms with Crippen LogP contribution in [0.2, 0.25) is 0 Å². The van der Waals surface area contributed by atoms with Gasteiger partial charge in [0.15, 0.2) is 0 Å². The second-order valence-electron chi connectivity index (χ2n) is 1.86. The van der Waals surface area contributed by atoms with Gasteiger partial charge in [0.2, 0.25) is 0 Å². The van der Waals surface area contributed by atoms with Crippen molar-refractivity contribution in [3.63, 3.8) is 0 Å². The van der Waals surface area contributed by atoms with Crippen LogP contribution in [0.3, 0.4) is 0 Å². The molecule has 53 valence electrons. The Morgan fingerprint density at radius 2 is 2.40 bits per heavy atom. The van der Waals surface area contributed by atoms with Crippen molar-refractivity contribution in [3.8, 4) is 0 Å². The van der Waals surface area contributed by atoms with Crippen molar-refractivity contribution in [3.05, 3.63) is 18.7 Å². The van der Waals surface area contributed by atoms with Crippen LogP contribution in [-0.2, 0) is 6.54 Å².